The summed E-state index contributed by atoms with van der Waals surface area (Å²) < 4.78 is 0. The van der Waals surface area contributed by atoms with Crippen molar-refractivity contribution in [2.75, 3.05) is 11.5 Å². The molecule has 0 atom stereocenters. The highest BCUT2D eigenvalue weighted by atomic mass is 32.2. The lowest BCUT2D eigenvalue weighted by Crippen LogP contribution is -1.97. The van der Waals surface area contributed by atoms with E-state index in [2.05, 4.69) is 6.92 Å². The monoisotopic (exact) mass is 228 g/mol. The first-order valence-electron chi connectivity index (χ1n) is 4.30. The van der Waals surface area contributed by atoms with Crippen molar-refractivity contribution < 1.29 is 9.90 Å². The standard InChI is InChI=1S/C10H12O2S2/c1-2-13-8-3-5-9(6-4-8)14-7-10(11)12/h3-6H,2,7H2,1H3,(H,11,12). The topological polar surface area (TPSA) is 37.3 Å². The third kappa shape index (κ3) is 4.07. The Morgan fingerprint density at radius 3 is 2.14 bits per heavy atom. The Bertz CT molecular complexity index is 295. The summed E-state index contributed by atoms with van der Waals surface area (Å²) in [5.41, 5.74) is 0. The van der Waals surface area contributed by atoms with Gasteiger partial charge in [-0.1, -0.05) is 6.92 Å². The van der Waals surface area contributed by atoms with Crippen molar-refractivity contribution in [1.82, 2.24) is 0 Å². The van der Waals surface area contributed by atoms with E-state index in [9.17, 15) is 4.79 Å². The predicted molar refractivity (Wildman–Crippen MR) is 61.2 cm³/mol. The second-order valence-corrected chi connectivity index (χ2v) is 4.97. The lowest BCUT2D eigenvalue weighted by molar-refractivity contribution is -0.133. The maximum Gasteiger partial charge on any atom is 0.313 e. The Morgan fingerprint density at radius 2 is 1.71 bits per heavy atom. The summed E-state index contributed by atoms with van der Waals surface area (Å²) in [6, 6.07) is 7.98. The first kappa shape index (κ1) is 11.5. The fourth-order valence-corrected chi connectivity index (χ4v) is 2.22. The first-order valence-corrected chi connectivity index (χ1v) is 6.27. The second kappa shape index (κ2) is 5.98. The fourth-order valence-electron chi connectivity index (χ4n) is 0.944. The molecule has 1 aromatic rings. The molecule has 0 saturated heterocycles. The van der Waals surface area contributed by atoms with Crippen molar-refractivity contribution in [3.63, 3.8) is 0 Å². The lowest BCUT2D eigenvalue weighted by atomic mass is 10.4. The van der Waals surface area contributed by atoms with E-state index < -0.39 is 5.97 Å². The summed E-state index contributed by atoms with van der Waals surface area (Å²) in [6.07, 6.45) is 0. The van der Waals surface area contributed by atoms with Gasteiger partial charge in [0.15, 0.2) is 0 Å². The van der Waals surface area contributed by atoms with Gasteiger partial charge in [-0.3, -0.25) is 4.79 Å². The Labute approximate surface area is 92.1 Å². The van der Waals surface area contributed by atoms with Crippen LogP contribution in [0, 0.1) is 0 Å². The van der Waals surface area contributed by atoms with Crippen LogP contribution in [0.15, 0.2) is 34.1 Å². The minimum Gasteiger partial charge on any atom is -0.481 e. The normalized spacial score (nSPS) is 10.1. The van der Waals surface area contributed by atoms with E-state index in [1.54, 1.807) is 11.8 Å². The average molecular weight is 228 g/mol. The van der Waals surface area contributed by atoms with Gasteiger partial charge in [0.25, 0.3) is 0 Å². The van der Waals surface area contributed by atoms with Gasteiger partial charge in [0, 0.05) is 9.79 Å². The van der Waals surface area contributed by atoms with E-state index in [0.29, 0.717) is 0 Å². The Hall–Kier alpha value is -0.610. The highest BCUT2D eigenvalue weighted by molar-refractivity contribution is 8.00. The maximum atomic E-state index is 10.3. The van der Waals surface area contributed by atoms with Crippen molar-refractivity contribution in [2.24, 2.45) is 0 Å². The summed E-state index contributed by atoms with van der Waals surface area (Å²) in [6.45, 7) is 2.11. The lowest BCUT2D eigenvalue weighted by Gasteiger charge is -2.00. The van der Waals surface area contributed by atoms with E-state index in [-0.39, 0.29) is 5.75 Å². The molecule has 0 aliphatic heterocycles. The largest absolute Gasteiger partial charge is 0.481 e. The summed E-state index contributed by atoms with van der Waals surface area (Å²) in [4.78, 5) is 12.6. The van der Waals surface area contributed by atoms with Gasteiger partial charge in [-0.05, 0) is 30.0 Å². The van der Waals surface area contributed by atoms with Crippen LogP contribution in [-0.2, 0) is 4.79 Å². The van der Waals surface area contributed by atoms with Crippen molar-refractivity contribution in [2.45, 2.75) is 16.7 Å². The molecule has 0 fully saturated rings. The fraction of sp³-hybridized carbons (Fsp3) is 0.300. The molecule has 2 nitrogen and oxygen atoms in total. The van der Waals surface area contributed by atoms with E-state index >= 15 is 0 Å². The zero-order chi connectivity index (χ0) is 10.4. The Balaban J connectivity index is 2.50. The quantitative estimate of drug-likeness (QED) is 0.786. The van der Waals surface area contributed by atoms with Gasteiger partial charge in [0.05, 0.1) is 5.75 Å². The van der Waals surface area contributed by atoms with Crippen LogP contribution in [0.1, 0.15) is 6.92 Å². The Morgan fingerprint density at radius 1 is 1.21 bits per heavy atom. The zero-order valence-corrected chi connectivity index (χ0v) is 9.53. The van der Waals surface area contributed by atoms with Gasteiger partial charge >= 0.3 is 5.97 Å². The summed E-state index contributed by atoms with van der Waals surface area (Å²) in [5.74, 6) is 0.407. The molecule has 0 aromatic heterocycles. The highest BCUT2D eigenvalue weighted by Crippen LogP contribution is 2.23. The number of hydrogen-bond acceptors (Lipinski definition) is 3. The van der Waals surface area contributed by atoms with E-state index in [0.717, 1.165) is 10.6 Å². The number of thioether (sulfide) groups is 2. The maximum absolute atomic E-state index is 10.3. The Kier molecular flexibility index (Phi) is 4.90. The third-order valence-corrected chi connectivity index (χ3v) is 3.39. The van der Waals surface area contributed by atoms with Gasteiger partial charge in [-0.15, -0.1) is 23.5 Å². The average Bonchev–Trinajstić information content (AvgIpc) is 2.17. The molecule has 0 saturated carbocycles. The number of carbonyl (C=O) groups is 1. The molecule has 14 heavy (non-hydrogen) atoms. The van der Waals surface area contributed by atoms with Crippen LogP contribution in [0.3, 0.4) is 0 Å². The van der Waals surface area contributed by atoms with Crippen LogP contribution >= 0.6 is 23.5 Å². The van der Waals surface area contributed by atoms with E-state index in [4.69, 9.17) is 5.11 Å². The molecule has 0 bridgehead atoms. The van der Waals surface area contributed by atoms with Gasteiger partial charge in [0.2, 0.25) is 0 Å². The van der Waals surface area contributed by atoms with Gasteiger partial charge < -0.3 is 5.11 Å². The molecule has 1 rings (SSSR count). The molecule has 1 N–H and O–H groups in total. The minimum absolute atomic E-state index is 0.125. The first-order chi connectivity index (χ1) is 6.72. The number of carboxylic acids is 1. The van der Waals surface area contributed by atoms with Crippen molar-refractivity contribution in [3.8, 4) is 0 Å². The summed E-state index contributed by atoms with van der Waals surface area (Å²) in [7, 11) is 0. The molecule has 0 spiro atoms. The molecule has 4 heteroatoms. The molecule has 0 heterocycles. The number of hydrogen-bond donors (Lipinski definition) is 1. The molecular weight excluding hydrogens is 216 g/mol. The summed E-state index contributed by atoms with van der Waals surface area (Å²) >= 11 is 3.13. The van der Waals surface area contributed by atoms with Crippen molar-refractivity contribution in [1.29, 1.82) is 0 Å². The zero-order valence-electron chi connectivity index (χ0n) is 7.90. The molecule has 76 valence electrons. The molecule has 0 aliphatic carbocycles. The highest BCUT2D eigenvalue weighted by Gasteiger charge is 1.99. The van der Waals surface area contributed by atoms with Crippen LogP contribution < -0.4 is 0 Å². The number of benzene rings is 1. The van der Waals surface area contributed by atoms with Crippen LogP contribution in [0.25, 0.3) is 0 Å². The number of rotatable bonds is 5. The van der Waals surface area contributed by atoms with Crippen LogP contribution in [-0.4, -0.2) is 22.6 Å². The van der Waals surface area contributed by atoms with Crippen LogP contribution in [0.2, 0.25) is 0 Å². The molecule has 0 amide bonds. The molecule has 0 radical (unpaired) electrons. The van der Waals surface area contributed by atoms with Gasteiger partial charge in [-0.2, -0.15) is 0 Å². The van der Waals surface area contributed by atoms with Crippen LogP contribution in [0.5, 0.6) is 0 Å². The SMILES string of the molecule is CCSc1ccc(SCC(=O)O)cc1. The molecule has 1 aromatic carbocycles. The molecular formula is C10H12O2S2. The smallest absolute Gasteiger partial charge is 0.313 e. The van der Waals surface area contributed by atoms with E-state index in [1.807, 2.05) is 24.3 Å². The van der Waals surface area contributed by atoms with Gasteiger partial charge in [-0.25, -0.2) is 0 Å². The second-order valence-electron chi connectivity index (χ2n) is 2.59. The number of carboxylic acid groups (broad SMARTS) is 1. The molecule has 0 aliphatic rings. The van der Waals surface area contributed by atoms with Crippen LogP contribution in [0.4, 0.5) is 0 Å². The van der Waals surface area contributed by atoms with Crippen molar-refractivity contribution in [3.05, 3.63) is 24.3 Å². The summed E-state index contributed by atoms with van der Waals surface area (Å²) in [5, 5.41) is 8.49. The third-order valence-electron chi connectivity index (χ3n) is 1.50. The molecule has 0 unspecified atom stereocenters. The van der Waals surface area contributed by atoms with E-state index in [1.165, 1.54) is 16.7 Å². The predicted octanol–water partition coefficient (Wildman–Crippen LogP) is 2.98. The van der Waals surface area contributed by atoms with Gasteiger partial charge in [0.1, 0.15) is 0 Å². The van der Waals surface area contributed by atoms with Crippen molar-refractivity contribution >= 4 is 29.5 Å². The number of aliphatic carboxylic acids is 1. The minimum atomic E-state index is -0.776.